The van der Waals surface area contributed by atoms with Gasteiger partial charge in [-0.2, -0.15) is 0 Å². The first-order chi connectivity index (χ1) is 14.8. The van der Waals surface area contributed by atoms with Crippen LogP contribution < -0.4 is 9.80 Å². The van der Waals surface area contributed by atoms with Crippen LogP contribution in [0.5, 0.6) is 0 Å². The van der Waals surface area contributed by atoms with Gasteiger partial charge in [0, 0.05) is 56.9 Å². The Kier molecular flexibility index (Phi) is 7.37. The third-order valence-electron chi connectivity index (χ3n) is 6.22. The molecular weight excluding hydrogens is 378 g/mol. The highest BCUT2D eigenvalue weighted by Gasteiger charge is 2.20. The van der Waals surface area contributed by atoms with E-state index in [4.69, 9.17) is 4.98 Å². The zero-order valence-corrected chi connectivity index (χ0v) is 20.2. The first-order valence-electron chi connectivity index (χ1n) is 11.4. The second-order valence-corrected chi connectivity index (χ2v) is 8.88. The fourth-order valence-electron chi connectivity index (χ4n) is 3.95. The van der Waals surface area contributed by atoms with E-state index < -0.39 is 0 Å². The first-order valence-corrected chi connectivity index (χ1v) is 11.4. The van der Waals surface area contributed by atoms with Crippen LogP contribution in [0.15, 0.2) is 60.7 Å². The summed E-state index contributed by atoms with van der Waals surface area (Å²) in [6.07, 6.45) is 2.04. The van der Waals surface area contributed by atoms with Crippen LogP contribution in [0.4, 0.5) is 11.4 Å². The standard InChI is InChI=1S/C28H37N3/c1-8-20(3)27-19-23(18-24(9-2)29-27)28(21-10-14-25(15-11-21)30(4)5)22-12-16-26(17-13-22)31(6)7/h10-20,28H,8-9H2,1-7H3. The van der Waals surface area contributed by atoms with E-state index in [0.29, 0.717) is 5.92 Å². The van der Waals surface area contributed by atoms with Crippen molar-refractivity contribution >= 4 is 11.4 Å². The van der Waals surface area contributed by atoms with Crippen LogP contribution in [0.25, 0.3) is 0 Å². The summed E-state index contributed by atoms with van der Waals surface area (Å²) in [6.45, 7) is 6.71. The minimum atomic E-state index is 0.184. The quantitative estimate of drug-likeness (QED) is 0.420. The Morgan fingerprint density at radius 3 is 1.58 bits per heavy atom. The van der Waals surface area contributed by atoms with Gasteiger partial charge in [0.25, 0.3) is 0 Å². The minimum absolute atomic E-state index is 0.184. The van der Waals surface area contributed by atoms with Crippen molar-refractivity contribution in [2.45, 2.75) is 45.4 Å². The summed E-state index contributed by atoms with van der Waals surface area (Å²) >= 11 is 0. The summed E-state index contributed by atoms with van der Waals surface area (Å²) < 4.78 is 0. The second kappa shape index (κ2) is 10.00. The molecule has 0 saturated heterocycles. The molecule has 31 heavy (non-hydrogen) atoms. The predicted molar refractivity (Wildman–Crippen MR) is 135 cm³/mol. The molecule has 0 bridgehead atoms. The van der Waals surface area contributed by atoms with Crippen molar-refractivity contribution in [3.8, 4) is 0 Å². The molecular formula is C28H37N3. The number of pyridine rings is 1. The lowest BCUT2D eigenvalue weighted by molar-refractivity contribution is 0.698. The zero-order valence-electron chi connectivity index (χ0n) is 20.2. The molecule has 0 aliphatic heterocycles. The lowest BCUT2D eigenvalue weighted by Crippen LogP contribution is -2.11. The Bertz CT molecular complexity index is 921. The minimum Gasteiger partial charge on any atom is -0.378 e. The van der Waals surface area contributed by atoms with E-state index in [-0.39, 0.29) is 5.92 Å². The smallest absolute Gasteiger partial charge is 0.0438 e. The van der Waals surface area contributed by atoms with Gasteiger partial charge in [-0.25, -0.2) is 0 Å². The van der Waals surface area contributed by atoms with Crippen molar-refractivity contribution in [3.05, 3.63) is 88.7 Å². The molecule has 0 aliphatic rings. The summed E-state index contributed by atoms with van der Waals surface area (Å²) in [4.78, 5) is 9.25. The van der Waals surface area contributed by atoms with Gasteiger partial charge in [0.1, 0.15) is 0 Å². The van der Waals surface area contributed by atoms with Crippen LogP contribution in [0, 0.1) is 0 Å². The molecule has 3 rings (SSSR count). The van der Waals surface area contributed by atoms with E-state index in [9.17, 15) is 0 Å². The van der Waals surface area contributed by atoms with Gasteiger partial charge in [-0.1, -0.05) is 45.0 Å². The molecule has 0 saturated carbocycles. The fourth-order valence-corrected chi connectivity index (χ4v) is 3.95. The van der Waals surface area contributed by atoms with Crippen LogP contribution in [-0.2, 0) is 6.42 Å². The second-order valence-electron chi connectivity index (χ2n) is 8.88. The maximum absolute atomic E-state index is 4.95. The van der Waals surface area contributed by atoms with E-state index in [2.05, 4.69) is 119 Å². The number of hydrogen-bond acceptors (Lipinski definition) is 3. The number of aromatic nitrogens is 1. The third-order valence-corrected chi connectivity index (χ3v) is 6.22. The molecule has 0 spiro atoms. The molecule has 1 atom stereocenters. The summed E-state index contributed by atoms with van der Waals surface area (Å²) in [7, 11) is 8.34. The summed E-state index contributed by atoms with van der Waals surface area (Å²) in [5.41, 5.74) is 8.77. The van der Waals surface area contributed by atoms with Crippen molar-refractivity contribution in [2.75, 3.05) is 38.0 Å². The van der Waals surface area contributed by atoms with Crippen LogP contribution in [0.1, 0.15) is 67.1 Å². The normalized spacial score (nSPS) is 12.1. The number of aryl methyl sites for hydroxylation is 1. The highest BCUT2D eigenvalue weighted by atomic mass is 15.1. The van der Waals surface area contributed by atoms with Crippen LogP contribution in [0.3, 0.4) is 0 Å². The molecule has 3 nitrogen and oxygen atoms in total. The molecule has 3 aromatic rings. The Morgan fingerprint density at radius 1 is 0.710 bits per heavy atom. The van der Waals surface area contributed by atoms with Crippen LogP contribution in [-0.4, -0.2) is 33.2 Å². The Hall–Kier alpha value is -2.81. The van der Waals surface area contributed by atoms with Gasteiger partial charge in [-0.15, -0.1) is 0 Å². The first kappa shape index (κ1) is 22.9. The van der Waals surface area contributed by atoms with Gasteiger partial charge in [-0.3, -0.25) is 4.98 Å². The Balaban J connectivity index is 2.16. The van der Waals surface area contributed by atoms with Crippen molar-refractivity contribution in [3.63, 3.8) is 0 Å². The Labute approximate surface area is 188 Å². The lowest BCUT2D eigenvalue weighted by atomic mass is 9.84. The molecule has 2 aromatic carbocycles. The molecule has 1 aromatic heterocycles. The molecule has 0 amide bonds. The predicted octanol–water partition coefficient (Wildman–Crippen LogP) is 6.47. The maximum atomic E-state index is 4.95. The van der Waals surface area contributed by atoms with Gasteiger partial charge >= 0.3 is 0 Å². The van der Waals surface area contributed by atoms with Gasteiger partial charge in [-0.05, 0) is 71.8 Å². The highest BCUT2D eigenvalue weighted by molar-refractivity contribution is 5.53. The summed E-state index contributed by atoms with van der Waals surface area (Å²) in [5, 5.41) is 0. The van der Waals surface area contributed by atoms with Crippen LogP contribution >= 0.6 is 0 Å². The molecule has 0 N–H and O–H groups in total. The van der Waals surface area contributed by atoms with E-state index in [1.165, 1.54) is 39.5 Å². The monoisotopic (exact) mass is 415 g/mol. The average molecular weight is 416 g/mol. The van der Waals surface area contributed by atoms with E-state index in [1.807, 2.05) is 0 Å². The molecule has 0 fully saturated rings. The summed E-state index contributed by atoms with van der Waals surface area (Å²) in [6, 6.07) is 22.6. The van der Waals surface area contributed by atoms with E-state index in [0.717, 1.165) is 12.8 Å². The lowest BCUT2D eigenvalue weighted by Gasteiger charge is -2.23. The van der Waals surface area contributed by atoms with E-state index >= 15 is 0 Å². The molecule has 1 heterocycles. The number of rotatable bonds is 8. The number of benzene rings is 2. The molecule has 1 unspecified atom stereocenters. The van der Waals surface area contributed by atoms with Crippen molar-refractivity contribution < 1.29 is 0 Å². The zero-order chi connectivity index (χ0) is 22.5. The van der Waals surface area contributed by atoms with Gasteiger partial charge in [0.15, 0.2) is 0 Å². The molecule has 3 heteroatoms. The highest BCUT2D eigenvalue weighted by Crippen LogP contribution is 2.35. The SMILES string of the molecule is CCc1cc(C(c2ccc(N(C)C)cc2)c2ccc(N(C)C)cc2)cc(C(C)CC)n1. The van der Waals surface area contributed by atoms with Crippen molar-refractivity contribution in [2.24, 2.45) is 0 Å². The van der Waals surface area contributed by atoms with Crippen molar-refractivity contribution in [1.29, 1.82) is 0 Å². The Morgan fingerprint density at radius 2 is 1.19 bits per heavy atom. The van der Waals surface area contributed by atoms with Crippen molar-refractivity contribution in [1.82, 2.24) is 4.98 Å². The summed E-state index contributed by atoms with van der Waals surface area (Å²) in [5.74, 6) is 0.640. The molecule has 0 aliphatic carbocycles. The van der Waals surface area contributed by atoms with Gasteiger partial charge in [0.2, 0.25) is 0 Å². The number of hydrogen-bond donors (Lipinski definition) is 0. The average Bonchev–Trinajstić information content (AvgIpc) is 2.79. The third kappa shape index (κ3) is 5.28. The van der Waals surface area contributed by atoms with Gasteiger partial charge < -0.3 is 9.80 Å². The largest absolute Gasteiger partial charge is 0.378 e. The maximum Gasteiger partial charge on any atom is 0.0438 e. The molecule has 164 valence electrons. The number of anilines is 2. The molecule has 0 radical (unpaired) electrons. The van der Waals surface area contributed by atoms with Gasteiger partial charge in [0.05, 0.1) is 0 Å². The van der Waals surface area contributed by atoms with E-state index in [1.54, 1.807) is 0 Å². The number of nitrogens with zero attached hydrogens (tertiary/aromatic N) is 3. The van der Waals surface area contributed by atoms with Crippen LogP contribution in [0.2, 0.25) is 0 Å². The topological polar surface area (TPSA) is 19.4 Å². The fraction of sp³-hybridized carbons (Fsp3) is 0.393.